The minimum Gasteiger partial charge on any atom is -0.481 e. The fourth-order valence-electron chi connectivity index (χ4n) is 2.09. The minimum absolute atomic E-state index is 0.185. The van der Waals surface area contributed by atoms with Crippen LogP contribution in [0.15, 0.2) is 18.3 Å². The van der Waals surface area contributed by atoms with Gasteiger partial charge in [-0.3, -0.25) is 4.79 Å². The smallest absolute Gasteiger partial charge is 0.253 e. The molecule has 0 saturated heterocycles. The first-order chi connectivity index (χ1) is 10.1. The van der Waals surface area contributed by atoms with Gasteiger partial charge in [0.05, 0.1) is 30.5 Å². The van der Waals surface area contributed by atoms with Crippen molar-refractivity contribution in [3.63, 3.8) is 0 Å². The molecule has 2 N–H and O–H groups in total. The molecule has 1 amide bonds. The van der Waals surface area contributed by atoms with Crippen LogP contribution in [-0.4, -0.2) is 34.8 Å². The zero-order valence-electron chi connectivity index (χ0n) is 12.6. The summed E-state index contributed by atoms with van der Waals surface area (Å²) in [6.07, 6.45) is 1.54. The van der Waals surface area contributed by atoms with E-state index in [9.17, 15) is 4.79 Å². The summed E-state index contributed by atoms with van der Waals surface area (Å²) in [5, 5.41) is 10.0. The molecule has 0 aromatic carbocycles. The van der Waals surface area contributed by atoms with Crippen LogP contribution in [0.2, 0.25) is 0 Å². The van der Waals surface area contributed by atoms with Crippen LogP contribution in [0.5, 0.6) is 5.88 Å². The highest BCUT2D eigenvalue weighted by Crippen LogP contribution is 2.20. The predicted octanol–water partition coefficient (Wildman–Crippen LogP) is 1.10. The number of hydrogen-bond donors (Lipinski definition) is 2. The van der Waals surface area contributed by atoms with Crippen LogP contribution in [0, 0.1) is 6.92 Å². The zero-order chi connectivity index (χ0) is 15.4. The largest absolute Gasteiger partial charge is 0.481 e. The second-order valence-corrected chi connectivity index (χ2v) is 4.56. The molecule has 7 nitrogen and oxygen atoms in total. The molecular formula is C14H19N5O2. The van der Waals surface area contributed by atoms with E-state index in [0.29, 0.717) is 18.0 Å². The summed E-state index contributed by atoms with van der Waals surface area (Å²) in [4.78, 5) is 16.2. The SMILES string of the molecule is CNc1ccc(C(=O)NCc2c(C)nn(C)c2OC)cn1. The monoisotopic (exact) mass is 289 g/mol. The van der Waals surface area contributed by atoms with Crippen molar-refractivity contribution >= 4 is 11.7 Å². The summed E-state index contributed by atoms with van der Waals surface area (Å²) in [7, 11) is 5.17. The number of carbonyl (C=O) groups excluding carboxylic acids is 1. The number of hydrogen-bond acceptors (Lipinski definition) is 5. The third kappa shape index (κ3) is 3.13. The van der Waals surface area contributed by atoms with E-state index in [0.717, 1.165) is 17.1 Å². The highest BCUT2D eigenvalue weighted by molar-refractivity contribution is 5.94. The third-order valence-electron chi connectivity index (χ3n) is 3.19. The molecule has 0 aliphatic heterocycles. The number of pyridine rings is 1. The van der Waals surface area contributed by atoms with Crippen molar-refractivity contribution in [2.45, 2.75) is 13.5 Å². The van der Waals surface area contributed by atoms with Gasteiger partial charge in [-0.15, -0.1) is 0 Å². The Morgan fingerprint density at radius 3 is 2.76 bits per heavy atom. The fourth-order valence-corrected chi connectivity index (χ4v) is 2.09. The van der Waals surface area contributed by atoms with Crippen LogP contribution < -0.4 is 15.4 Å². The third-order valence-corrected chi connectivity index (χ3v) is 3.19. The van der Waals surface area contributed by atoms with Crippen LogP contribution >= 0.6 is 0 Å². The number of nitrogens with one attached hydrogen (secondary N) is 2. The number of methoxy groups -OCH3 is 1. The maximum absolute atomic E-state index is 12.1. The van der Waals surface area contributed by atoms with E-state index in [2.05, 4.69) is 20.7 Å². The maximum Gasteiger partial charge on any atom is 0.253 e. The molecule has 0 fully saturated rings. The van der Waals surface area contributed by atoms with E-state index in [1.807, 2.05) is 6.92 Å². The second kappa shape index (κ2) is 6.25. The molecule has 2 heterocycles. The molecule has 21 heavy (non-hydrogen) atoms. The molecule has 0 spiro atoms. The van der Waals surface area contributed by atoms with Gasteiger partial charge in [-0.25, -0.2) is 9.67 Å². The molecule has 0 aliphatic carbocycles. The van der Waals surface area contributed by atoms with E-state index in [-0.39, 0.29) is 5.91 Å². The molecule has 0 aliphatic rings. The number of aromatic nitrogens is 3. The first-order valence-electron chi connectivity index (χ1n) is 6.55. The lowest BCUT2D eigenvalue weighted by atomic mass is 10.2. The van der Waals surface area contributed by atoms with Crippen LogP contribution in [-0.2, 0) is 13.6 Å². The summed E-state index contributed by atoms with van der Waals surface area (Å²) in [6, 6.07) is 3.48. The predicted molar refractivity (Wildman–Crippen MR) is 79.5 cm³/mol. The van der Waals surface area contributed by atoms with Gasteiger partial charge in [0.25, 0.3) is 5.91 Å². The number of carbonyl (C=O) groups is 1. The highest BCUT2D eigenvalue weighted by Gasteiger charge is 2.15. The van der Waals surface area contributed by atoms with Crippen LogP contribution in [0.3, 0.4) is 0 Å². The van der Waals surface area contributed by atoms with Crippen molar-refractivity contribution in [3.05, 3.63) is 35.2 Å². The molecule has 2 rings (SSSR count). The molecule has 2 aromatic heterocycles. The fraction of sp³-hybridized carbons (Fsp3) is 0.357. The van der Waals surface area contributed by atoms with Crippen LogP contribution in [0.4, 0.5) is 5.82 Å². The summed E-state index contributed by atoms with van der Waals surface area (Å²) in [6.45, 7) is 2.24. The molecule has 7 heteroatoms. The maximum atomic E-state index is 12.1. The van der Waals surface area contributed by atoms with E-state index >= 15 is 0 Å². The molecular weight excluding hydrogens is 270 g/mol. The normalized spacial score (nSPS) is 10.3. The number of amides is 1. The number of anilines is 1. The molecule has 0 saturated carbocycles. The number of rotatable bonds is 5. The first-order valence-corrected chi connectivity index (χ1v) is 6.55. The van der Waals surface area contributed by atoms with Gasteiger partial charge in [0, 0.05) is 20.3 Å². The molecule has 0 atom stereocenters. The number of nitrogens with zero attached hydrogens (tertiary/aromatic N) is 3. The Hall–Kier alpha value is -2.57. The lowest BCUT2D eigenvalue weighted by Gasteiger charge is -2.07. The Morgan fingerprint density at radius 2 is 2.19 bits per heavy atom. The lowest BCUT2D eigenvalue weighted by molar-refractivity contribution is 0.0950. The topological polar surface area (TPSA) is 81.1 Å². The average molecular weight is 289 g/mol. The Labute approximate surface area is 123 Å². The van der Waals surface area contributed by atoms with Crippen molar-refractivity contribution in [1.82, 2.24) is 20.1 Å². The lowest BCUT2D eigenvalue weighted by Crippen LogP contribution is -2.23. The molecule has 2 aromatic rings. The summed E-state index contributed by atoms with van der Waals surface area (Å²) in [5.41, 5.74) is 2.21. The van der Waals surface area contributed by atoms with E-state index in [4.69, 9.17) is 4.74 Å². The van der Waals surface area contributed by atoms with E-state index < -0.39 is 0 Å². The molecule has 0 radical (unpaired) electrons. The van der Waals surface area contributed by atoms with E-state index in [1.165, 1.54) is 6.20 Å². The van der Waals surface area contributed by atoms with Gasteiger partial charge < -0.3 is 15.4 Å². The van der Waals surface area contributed by atoms with Gasteiger partial charge in [-0.05, 0) is 19.1 Å². The molecule has 0 unspecified atom stereocenters. The van der Waals surface area contributed by atoms with Gasteiger partial charge in [-0.2, -0.15) is 5.10 Å². The summed E-state index contributed by atoms with van der Waals surface area (Å²) in [5.74, 6) is 1.18. The van der Waals surface area contributed by atoms with Crippen molar-refractivity contribution in [3.8, 4) is 5.88 Å². The Morgan fingerprint density at radius 1 is 1.43 bits per heavy atom. The number of ether oxygens (including phenoxy) is 1. The van der Waals surface area contributed by atoms with Gasteiger partial charge in [0.15, 0.2) is 0 Å². The molecule has 112 valence electrons. The molecule has 0 bridgehead atoms. The van der Waals surface area contributed by atoms with Gasteiger partial charge in [0.2, 0.25) is 5.88 Å². The Bertz CT molecular complexity index is 634. The van der Waals surface area contributed by atoms with Crippen molar-refractivity contribution < 1.29 is 9.53 Å². The van der Waals surface area contributed by atoms with Gasteiger partial charge in [-0.1, -0.05) is 0 Å². The van der Waals surface area contributed by atoms with Crippen LogP contribution in [0.1, 0.15) is 21.6 Å². The Balaban J connectivity index is 2.07. The summed E-state index contributed by atoms with van der Waals surface area (Å²) < 4.78 is 6.95. The van der Waals surface area contributed by atoms with Gasteiger partial charge in [0.1, 0.15) is 5.82 Å². The Kier molecular flexibility index (Phi) is 4.42. The zero-order valence-corrected chi connectivity index (χ0v) is 12.6. The van der Waals surface area contributed by atoms with Gasteiger partial charge >= 0.3 is 0 Å². The first kappa shape index (κ1) is 14.8. The summed E-state index contributed by atoms with van der Waals surface area (Å²) >= 11 is 0. The quantitative estimate of drug-likeness (QED) is 0.861. The van der Waals surface area contributed by atoms with Crippen molar-refractivity contribution in [2.24, 2.45) is 7.05 Å². The van der Waals surface area contributed by atoms with Crippen molar-refractivity contribution in [1.29, 1.82) is 0 Å². The highest BCUT2D eigenvalue weighted by atomic mass is 16.5. The van der Waals surface area contributed by atoms with Crippen molar-refractivity contribution in [2.75, 3.05) is 19.5 Å². The minimum atomic E-state index is -0.185. The standard InChI is InChI=1S/C14H19N5O2/c1-9-11(14(21-4)19(3)18-9)8-17-13(20)10-5-6-12(15-2)16-7-10/h5-7H,8H2,1-4H3,(H,15,16)(H,17,20). The second-order valence-electron chi connectivity index (χ2n) is 4.56. The van der Waals surface area contributed by atoms with E-state index in [1.54, 1.807) is 38.0 Å². The van der Waals surface area contributed by atoms with Crippen LogP contribution in [0.25, 0.3) is 0 Å². The average Bonchev–Trinajstić information content (AvgIpc) is 2.78. The number of aryl methyl sites for hydroxylation is 2.